The Bertz CT molecular complexity index is 321. The van der Waals surface area contributed by atoms with Crippen molar-refractivity contribution in [2.24, 2.45) is 5.41 Å². The predicted molar refractivity (Wildman–Crippen MR) is 54.6 cm³/mol. The average molecular weight is 219 g/mol. The summed E-state index contributed by atoms with van der Waals surface area (Å²) in [5.41, 5.74) is 0.681. The van der Waals surface area contributed by atoms with Crippen LogP contribution in [0, 0.1) is 17.0 Å². The summed E-state index contributed by atoms with van der Waals surface area (Å²) < 4.78 is 25.5. The quantitative estimate of drug-likeness (QED) is 0.678. The Hall–Kier alpha value is -0.630. The second kappa shape index (κ2) is 4.26. The second-order valence-corrected chi connectivity index (χ2v) is 4.49. The lowest BCUT2D eigenvalue weighted by atomic mass is 9.88. The van der Waals surface area contributed by atoms with Crippen LogP contribution < -0.4 is 0 Å². The van der Waals surface area contributed by atoms with Gasteiger partial charge in [0.1, 0.15) is 0 Å². The number of halogens is 3. The van der Waals surface area contributed by atoms with E-state index in [2.05, 4.69) is 0 Å². The summed E-state index contributed by atoms with van der Waals surface area (Å²) in [6, 6.07) is 3.96. The zero-order valence-electron chi connectivity index (χ0n) is 8.28. The van der Waals surface area contributed by atoms with Crippen molar-refractivity contribution in [1.29, 1.82) is 0 Å². The molecule has 0 amide bonds. The fourth-order valence-corrected chi connectivity index (χ4v) is 1.34. The van der Waals surface area contributed by atoms with E-state index in [1.54, 1.807) is 6.07 Å². The van der Waals surface area contributed by atoms with Gasteiger partial charge in [0, 0.05) is 5.88 Å². The molecule has 0 radical (unpaired) electrons. The molecular weight excluding hydrogens is 206 g/mol. The first-order valence-electron chi connectivity index (χ1n) is 4.44. The summed E-state index contributed by atoms with van der Waals surface area (Å²) >= 11 is 5.75. The number of hydrogen-bond donors (Lipinski definition) is 0. The minimum atomic E-state index is -0.808. The van der Waals surface area contributed by atoms with E-state index in [1.165, 1.54) is 6.07 Å². The van der Waals surface area contributed by atoms with Crippen LogP contribution in [0.1, 0.15) is 19.4 Å². The predicted octanol–water partition coefficient (Wildman–Crippen LogP) is 3.77. The van der Waals surface area contributed by atoms with E-state index in [4.69, 9.17) is 11.6 Å². The van der Waals surface area contributed by atoms with Gasteiger partial charge in [-0.05, 0) is 29.5 Å². The number of rotatable bonds is 3. The Labute approximate surface area is 87.9 Å². The maximum atomic E-state index is 12.9. The summed E-state index contributed by atoms with van der Waals surface area (Å²) in [5.74, 6) is -1.11. The standard InChI is InChI=1S/C11H13ClF2/c1-11(2,7-12)6-8-3-4-9(13)10(14)5-8/h3-5H,6-7H2,1-2H3. The van der Waals surface area contributed by atoms with E-state index < -0.39 is 11.6 Å². The van der Waals surface area contributed by atoms with Crippen LogP contribution >= 0.6 is 11.6 Å². The van der Waals surface area contributed by atoms with Crippen LogP contribution in [0.15, 0.2) is 18.2 Å². The van der Waals surface area contributed by atoms with E-state index in [1.807, 2.05) is 13.8 Å². The summed E-state index contributed by atoms with van der Waals surface area (Å²) in [5, 5.41) is 0. The zero-order valence-corrected chi connectivity index (χ0v) is 9.04. The molecule has 0 bridgehead atoms. The van der Waals surface area contributed by atoms with E-state index in [9.17, 15) is 8.78 Å². The molecule has 0 aliphatic heterocycles. The number of alkyl halides is 1. The van der Waals surface area contributed by atoms with Crippen molar-refractivity contribution in [3.63, 3.8) is 0 Å². The van der Waals surface area contributed by atoms with Crippen molar-refractivity contribution in [3.05, 3.63) is 35.4 Å². The Balaban J connectivity index is 2.83. The van der Waals surface area contributed by atoms with Gasteiger partial charge in [0.05, 0.1) is 0 Å². The molecule has 78 valence electrons. The van der Waals surface area contributed by atoms with Crippen LogP contribution in [-0.4, -0.2) is 5.88 Å². The van der Waals surface area contributed by atoms with Crippen LogP contribution in [0.5, 0.6) is 0 Å². The maximum absolute atomic E-state index is 12.9. The molecule has 0 N–H and O–H groups in total. The topological polar surface area (TPSA) is 0 Å². The SMILES string of the molecule is CC(C)(CCl)Cc1ccc(F)c(F)c1. The fourth-order valence-electron chi connectivity index (χ4n) is 1.25. The molecule has 0 spiro atoms. The van der Waals surface area contributed by atoms with Crippen molar-refractivity contribution < 1.29 is 8.78 Å². The molecule has 0 saturated heterocycles. The molecule has 0 fully saturated rings. The van der Waals surface area contributed by atoms with Gasteiger partial charge in [-0.25, -0.2) is 8.78 Å². The smallest absolute Gasteiger partial charge is 0.159 e. The molecular formula is C11H13ClF2. The van der Waals surface area contributed by atoms with Gasteiger partial charge in [0.2, 0.25) is 0 Å². The second-order valence-electron chi connectivity index (χ2n) is 4.22. The average Bonchev–Trinajstić information content (AvgIpc) is 2.11. The largest absolute Gasteiger partial charge is 0.204 e. The lowest BCUT2D eigenvalue weighted by molar-refractivity contribution is 0.415. The number of benzene rings is 1. The normalized spacial score (nSPS) is 11.8. The highest BCUT2D eigenvalue weighted by Crippen LogP contribution is 2.23. The van der Waals surface area contributed by atoms with Crippen LogP contribution in [-0.2, 0) is 6.42 Å². The molecule has 0 aliphatic carbocycles. The highest BCUT2D eigenvalue weighted by molar-refractivity contribution is 6.18. The molecule has 0 aliphatic rings. The number of hydrogen-bond acceptors (Lipinski definition) is 0. The third kappa shape index (κ3) is 2.95. The van der Waals surface area contributed by atoms with Crippen molar-refractivity contribution in [1.82, 2.24) is 0 Å². The van der Waals surface area contributed by atoms with Gasteiger partial charge in [0.15, 0.2) is 11.6 Å². The van der Waals surface area contributed by atoms with Crippen molar-refractivity contribution >= 4 is 11.6 Å². The van der Waals surface area contributed by atoms with Gasteiger partial charge >= 0.3 is 0 Å². The molecule has 3 heteroatoms. The summed E-state index contributed by atoms with van der Waals surface area (Å²) in [6.45, 7) is 3.97. The molecule has 14 heavy (non-hydrogen) atoms. The van der Waals surface area contributed by atoms with Gasteiger partial charge in [-0.3, -0.25) is 0 Å². The highest BCUT2D eigenvalue weighted by atomic mass is 35.5. The minimum Gasteiger partial charge on any atom is -0.204 e. The lowest BCUT2D eigenvalue weighted by Crippen LogP contribution is -2.16. The molecule has 0 aromatic heterocycles. The summed E-state index contributed by atoms with van der Waals surface area (Å²) in [7, 11) is 0. The van der Waals surface area contributed by atoms with Crippen LogP contribution in [0.4, 0.5) is 8.78 Å². The van der Waals surface area contributed by atoms with Crippen molar-refractivity contribution in [2.45, 2.75) is 20.3 Å². The summed E-state index contributed by atoms with van der Waals surface area (Å²) in [6.07, 6.45) is 0.647. The van der Waals surface area contributed by atoms with E-state index >= 15 is 0 Å². The molecule has 1 aromatic carbocycles. The first kappa shape index (κ1) is 11.4. The van der Waals surface area contributed by atoms with E-state index in [0.717, 1.165) is 11.6 Å². The van der Waals surface area contributed by atoms with E-state index in [0.29, 0.717) is 12.3 Å². The zero-order chi connectivity index (χ0) is 10.8. The first-order chi connectivity index (χ1) is 6.44. The Kier molecular flexibility index (Phi) is 3.48. The van der Waals surface area contributed by atoms with E-state index in [-0.39, 0.29) is 5.41 Å². The van der Waals surface area contributed by atoms with Gasteiger partial charge in [-0.1, -0.05) is 19.9 Å². The van der Waals surface area contributed by atoms with Crippen LogP contribution in [0.2, 0.25) is 0 Å². The van der Waals surface area contributed by atoms with Crippen LogP contribution in [0.25, 0.3) is 0 Å². The molecule has 0 saturated carbocycles. The molecule has 1 rings (SSSR count). The lowest BCUT2D eigenvalue weighted by Gasteiger charge is -2.21. The summed E-state index contributed by atoms with van der Waals surface area (Å²) in [4.78, 5) is 0. The monoisotopic (exact) mass is 218 g/mol. The molecule has 0 heterocycles. The van der Waals surface area contributed by atoms with Crippen molar-refractivity contribution in [3.8, 4) is 0 Å². The minimum absolute atomic E-state index is 0.0914. The van der Waals surface area contributed by atoms with Gasteiger partial charge in [-0.15, -0.1) is 11.6 Å². The molecule has 0 unspecified atom stereocenters. The van der Waals surface area contributed by atoms with Gasteiger partial charge < -0.3 is 0 Å². The molecule has 1 aromatic rings. The first-order valence-corrected chi connectivity index (χ1v) is 4.98. The Morgan fingerprint density at radius 2 is 1.86 bits per heavy atom. The van der Waals surface area contributed by atoms with Crippen molar-refractivity contribution in [2.75, 3.05) is 5.88 Å². The fraction of sp³-hybridized carbons (Fsp3) is 0.455. The third-order valence-corrected chi connectivity index (χ3v) is 2.75. The third-order valence-electron chi connectivity index (χ3n) is 2.03. The van der Waals surface area contributed by atoms with Gasteiger partial charge in [-0.2, -0.15) is 0 Å². The Morgan fingerprint density at radius 3 is 2.36 bits per heavy atom. The maximum Gasteiger partial charge on any atom is 0.159 e. The molecule has 0 atom stereocenters. The molecule has 0 nitrogen and oxygen atoms in total. The highest BCUT2D eigenvalue weighted by Gasteiger charge is 2.17. The van der Waals surface area contributed by atoms with Gasteiger partial charge in [0.25, 0.3) is 0 Å². The Morgan fingerprint density at radius 1 is 1.21 bits per heavy atom. The van der Waals surface area contributed by atoms with Crippen LogP contribution in [0.3, 0.4) is 0 Å².